The van der Waals surface area contributed by atoms with E-state index in [9.17, 15) is 0 Å². The zero-order valence-electron chi connectivity index (χ0n) is 9.95. The van der Waals surface area contributed by atoms with Gasteiger partial charge in [-0.3, -0.25) is 4.98 Å². The Bertz CT molecular complexity index is 316. The minimum atomic E-state index is 0.0447. The van der Waals surface area contributed by atoms with Crippen molar-refractivity contribution in [3.05, 3.63) is 24.0 Å². The van der Waals surface area contributed by atoms with Crippen molar-refractivity contribution >= 4 is 0 Å². The van der Waals surface area contributed by atoms with E-state index in [4.69, 9.17) is 10.5 Å². The Morgan fingerprint density at radius 3 is 2.60 bits per heavy atom. The molecule has 1 heterocycles. The molecule has 0 saturated carbocycles. The monoisotopic (exact) mass is 208 g/mol. The van der Waals surface area contributed by atoms with E-state index in [1.807, 2.05) is 19.2 Å². The van der Waals surface area contributed by atoms with Gasteiger partial charge < -0.3 is 10.5 Å². The maximum atomic E-state index is 5.62. The highest BCUT2D eigenvalue weighted by molar-refractivity contribution is 5.28. The van der Waals surface area contributed by atoms with E-state index in [0.717, 1.165) is 5.75 Å². The summed E-state index contributed by atoms with van der Waals surface area (Å²) in [4.78, 5) is 4.16. The maximum absolute atomic E-state index is 5.62. The summed E-state index contributed by atoms with van der Waals surface area (Å²) in [6, 6.07) is 2.07. The summed E-state index contributed by atoms with van der Waals surface area (Å²) in [5.74, 6) is 0.791. The Balaban J connectivity index is 2.75. The fourth-order valence-corrected chi connectivity index (χ4v) is 1.14. The lowest BCUT2D eigenvalue weighted by molar-refractivity contribution is 0.294. The minimum Gasteiger partial charge on any atom is -0.490 e. The molecule has 3 nitrogen and oxygen atoms in total. The molecule has 0 aliphatic rings. The first-order valence-corrected chi connectivity index (χ1v) is 5.23. The third-order valence-electron chi connectivity index (χ3n) is 2.09. The van der Waals surface area contributed by atoms with Crippen LogP contribution in [0.5, 0.6) is 5.75 Å². The van der Waals surface area contributed by atoms with E-state index in [2.05, 4.69) is 25.8 Å². The molecule has 84 valence electrons. The topological polar surface area (TPSA) is 48.1 Å². The first kappa shape index (κ1) is 12.0. The zero-order valence-corrected chi connectivity index (χ0v) is 9.95. The predicted molar refractivity (Wildman–Crippen MR) is 62.1 cm³/mol. The second-order valence-electron chi connectivity index (χ2n) is 4.95. The van der Waals surface area contributed by atoms with E-state index in [0.29, 0.717) is 6.61 Å². The molecular weight excluding hydrogens is 188 g/mol. The highest BCUT2D eigenvalue weighted by Gasteiger charge is 2.14. The van der Waals surface area contributed by atoms with Gasteiger partial charge in [0.05, 0.1) is 6.20 Å². The molecular formula is C12H20N2O. The van der Waals surface area contributed by atoms with E-state index < -0.39 is 0 Å². The summed E-state index contributed by atoms with van der Waals surface area (Å²) >= 11 is 0. The van der Waals surface area contributed by atoms with E-state index in [-0.39, 0.29) is 11.5 Å². The van der Waals surface area contributed by atoms with Crippen LogP contribution in [0.25, 0.3) is 0 Å². The lowest BCUT2D eigenvalue weighted by Gasteiger charge is -2.19. The van der Waals surface area contributed by atoms with Crippen molar-refractivity contribution in [3.8, 4) is 5.75 Å². The summed E-state index contributed by atoms with van der Waals surface area (Å²) in [6.45, 7) is 8.90. The van der Waals surface area contributed by atoms with E-state index in [1.165, 1.54) is 5.56 Å². The Morgan fingerprint density at radius 1 is 1.40 bits per heavy atom. The highest BCUT2D eigenvalue weighted by atomic mass is 16.5. The molecule has 0 fully saturated rings. The molecule has 0 spiro atoms. The van der Waals surface area contributed by atoms with Gasteiger partial charge in [-0.1, -0.05) is 20.8 Å². The second-order valence-corrected chi connectivity index (χ2v) is 4.95. The molecule has 1 atom stereocenters. The van der Waals surface area contributed by atoms with Crippen LogP contribution in [-0.2, 0) is 5.41 Å². The van der Waals surface area contributed by atoms with Gasteiger partial charge in [-0.2, -0.15) is 0 Å². The summed E-state index contributed by atoms with van der Waals surface area (Å²) in [5, 5.41) is 0. The normalized spacial score (nSPS) is 13.7. The summed E-state index contributed by atoms with van der Waals surface area (Å²) in [5.41, 5.74) is 6.89. The Labute approximate surface area is 91.7 Å². The van der Waals surface area contributed by atoms with Gasteiger partial charge in [0.25, 0.3) is 0 Å². The van der Waals surface area contributed by atoms with Crippen molar-refractivity contribution in [2.75, 3.05) is 6.61 Å². The number of hydrogen-bond donors (Lipinski definition) is 1. The number of ether oxygens (including phenoxy) is 1. The van der Waals surface area contributed by atoms with Gasteiger partial charge in [0, 0.05) is 12.2 Å². The first-order valence-electron chi connectivity index (χ1n) is 5.23. The molecule has 0 aromatic carbocycles. The number of pyridine rings is 1. The molecule has 0 radical (unpaired) electrons. The van der Waals surface area contributed by atoms with Crippen molar-refractivity contribution in [1.82, 2.24) is 4.98 Å². The van der Waals surface area contributed by atoms with Crippen molar-refractivity contribution in [2.24, 2.45) is 5.73 Å². The van der Waals surface area contributed by atoms with Gasteiger partial charge in [-0.05, 0) is 24.0 Å². The highest BCUT2D eigenvalue weighted by Crippen LogP contribution is 2.24. The third-order valence-corrected chi connectivity index (χ3v) is 2.09. The minimum absolute atomic E-state index is 0.0447. The molecule has 15 heavy (non-hydrogen) atoms. The van der Waals surface area contributed by atoms with Crippen LogP contribution in [0.4, 0.5) is 0 Å². The lowest BCUT2D eigenvalue weighted by atomic mass is 9.88. The van der Waals surface area contributed by atoms with Crippen LogP contribution in [-0.4, -0.2) is 17.6 Å². The SMILES string of the molecule is CC(N)COc1cncc(C(C)(C)C)c1. The molecule has 0 aliphatic carbocycles. The summed E-state index contributed by atoms with van der Waals surface area (Å²) in [7, 11) is 0. The quantitative estimate of drug-likeness (QED) is 0.827. The van der Waals surface area contributed by atoms with Crippen LogP contribution in [0.1, 0.15) is 33.3 Å². The Morgan fingerprint density at radius 2 is 2.07 bits per heavy atom. The smallest absolute Gasteiger partial charge is 0.137 e. The van der Waals surface area contributed by atoms with Gasteiger partial charge in [0.1, 0.15) is 12.4 Å². The number of hydrogen-bond acceptors (Lipinski definition) is 3. The molecule has 1 rings (SSSR count). The molecule has 1 aromatic rings. The number of nitrogens with two attached hydrogens (primary N) is 1. The van der Waals surface area contributed by atoms with Crippen LogP contribution in [0, 0.1) is 0 Å². The Hall–Kier alpha value is -1.09. The number of aromatic nitrogens is 1. The Kier molecular flexibility index (Phi) is 3.69. The third kappa shape index (κ3) is 3.88. The number of nitrogens with zero attached hydrogens (tertiary/aromatic N) is 1. The molecule has 1 aromatic heterocycles. The second kappa shape index (κ2) is 4.62. The molecule has 0 aliphatic heterocycles. The standard InChI is InChI=1S/C12H20N2O/c1-9(13)8-15-11-5-10(6-14-7-11)12(2,3)4/h5-7,9H,8,13H2,1-4H3. The van der Waals surface area contributed by atoms with Crippen LogP contribution >= 0.6 is 0 Å². The average molecular weight is 208 g/mol. The van der Waals surface area contributed by atoms with Crippen molar-refractivity contribution in [1.29, 1.82) is 0 Å². The molecule has 1 unspecified atom stereocenters. The molecule has 3 heteroatoms. The maximum Gasteiger partial charge on any atom is 0.137 e. The fourth-order valence-electron chi connectivity index (χ4n) is 1.14. The van der Waals surface area contributed by atoms with Crippen LogP contribution in [0.15, 0.2) is 18.5 Å². The van der Waals surface area contributed by atoms with Crippen molar-refractivity contribution in [3.63, 3.8) is 0 Å². The first-order chi connectivity index (χ1) is 6.89. The van der Waals surface area contributed by atoms with Gasteiger partial charge >= 0.3 is 0 Å². The fraction of sp³-hybridized carbons (Fsp3) is 0.583. The zero-order chi connectivity index (χ0) is 11.5. The largest absolute Gasteiger partial charge is 0.490 e. The summed E-state index contributed by atoms with van der Waals surface area (Å²) in [6.07, 6.45) is 3.59. The molecule has 0 amide bonds. The average Bonchev–Trinajstić information content (AvgIpc) is 2.14. The number of rotatable bonds is 3. The van der Waals surface area contributed by atoms with Crippen LogP contribution in [0.3, 0.4) is 0 Å². The van der Waals surface area contributed by atoms with Gasteiger partial charge in [-0.25, -0.2) is 0 Å². The van der Waals surface area contributed by atoms with Crippen molar-refractivity contribution in [2.45, 2.75) is 39.2 Å². The van der Waals surface area contributed by atoms with Crippen LogP contribution in [0.2, 0.25) is 0 Å². The molecule has 2 N–H and O–H groups in total. The molecule has 0 saturated heterocycles. The van der Waals surface area contributed by atoms with E-state index in [1.54, 1.807) is 6.20 Å². The van der Waals surface area contributed by atoms with Gasteiger partial charge in [0.15, 0.2) is 0 Å². The van der Waals surface area contributed by atoms with Crippen LogP contribution < -0.4 is 10.5 Å². The molecule has 0 bridgehead atoms. The predicted octanol–water partition coefficient (Wildman–Crippen LogP) is 2.11. The van der Waals surface area contributed by atoms with Gasteiger partial charge in [-0.15, -0.1) is 0 Å². The van der Waals surface area contributed by atoms with Gasteiger partial charge in [0.2, 0.25) is 0 Å². The van der Waals surface area contributed by atoms with E-state index >= 15 is 0 Å². The summed E-state index contributed by atoms with van der Waals surface area (Å²) < 4.78 is 5.52. The van der Waals surface area contributed by atoms with Crippen molar-refractivity contribution < 1.29 is 4.74 Å². The lowest BCUT2D eigenvalue weighted by Crippen LogP contribution is -2.23.